The van der Waals surface area contributed by atoms with Crippen molar-refractivity contribution in [3.8, 4) is 0 Å². The van der Waals surface area contributed by atoms with Gasteiger partial charge in [-0.2, -0.15) is 13.2 Å². The second-order valence-electron chi connectivity index (χ2n) is 5.83. The Labute approximate surface area is 151 Å². The molecule has 2 aromatic heterocycles. The highest BCUT2D eigenvalue weighted by atomic mass is 19.4. The summed E-state index contributed by atoms with van der Waals surface area (Å²) in [5, 5.41) is 10.6. The Morgan fingerprint density at radius 3 is 2.30 bits per heavy atom. The number of anilines is 2. The predicted octanol–water partition coefficient (Wildman–Crippen LogP) is 2.45. The summed E-state index contributed by atoms with van der Waals surface area (Å²) in [6.45, 7) is 3.26. The molecule has 0 aromatic carbocycles. The quantitative estimate of drug-likeness (QED) is 0.585. The van der Waals surface area contributed by atoms with Crippen molar-refractivity contribution >= 4 is 18.0 Å². The fraction of sp³-hybridized carbons (Fsp3) is 0.400. The molecule has 0 bridgehead atoms. The van der Waals surface area contributed by atoms with Gasteiger partial charge in [-0.05, 0) is 0 Å². The van der Waals surface area contributed by atoms with Crippen molar-refractivity contribution in [3.63, 3.8) is 0 Å². The van der Waals surface area contributed by atoms with Crippen LogP contribution in [0.5, 0.6) is 0 Å². The van der Waals surface area contributed by atoms with Crippen molar-refractivity contribution in [2.24, 2.45) is 0 Å². The summed E-state index contributed by atoms with van der Waals surface area (Å²) in [4.78, 5) is 25.4. The highest BCUT2D eigenvalue weighted by Gasteiger charge is 2.32. The van der Waals surface area contributed by atoms with Crippen molar-refractivity contribution in [2.75, 3.05) is 36.0 Å². The molecule has 1 fully saturated rings. The molecule has 0 amide bonds. The lowest BCUT2D eigenvalue weighted by Crippen LogP contribution is -2.47. The molecule has 0 aliphatic carbocycles. The standard InChI is InChI=1S/C15H15F3N6O3/c1-10(24(25)26)6-12-9-21-14(27-12)23-4-2-22(3-5-23)13-19-7-11(8-20-13)15(16,17)18/h6-9H,2-5H2,1H3. The van der Waals surface area contributed by atoms with Crippen LogP contribution >= 0.6 is 0 Å². The lowest BCUT2D eigenvalue weighted by atomic mass is 10.3. The highest BCUT2D eigenvalue weighted by Crippen LogP contribution is 2.28. The van der Waals surface area contributed by atoms with Crippen LogP contribution in [0.15, 0.2) is 28.7 Å². The van der Waals surface area contributed by atoms with Gasteiger partial charge in [0.15, 0.2) is 5.76 Å². The van der Waals surface area contributed by atoms with Crippen LogP contribution in [0.3, 0.4) is 0 Å². The molecule has 3 rings (SSSR count). The van der Waals surface area contributed by atoms with Gasteiger partial charge in [0.1, 0.15) is 0 Å². The third-order valence-electron chi connectivity index (χ3n) is 3.95. The van der Waals surface area contributed by atoms with E-state index in [2.05, 4.69) is 15.0 Å². The second-order valence-corrected chi connectivity index (χ2v) is 5.83. The molecule has 0 saturated carbocycles. The first-order valence-corrected chi connectivity index (χ1v) is 7.91. The smallest absolute Gasteiger partial charge is 0.419 e. The zero-order chi connectivity index (χ0) is 19.6. The monoisotopic (exact) mass is 384 g/mol. The first kappa shape index (κ1) is 18.6. The van der Waals surface area contributed by atoms with E-state index >= 15 is 0 Å². The number of allylic oxidation sites excluding steroid dienone is 1. The van der Waals surface area contributed by atoms with Crippen molar-refractivity contribution in [1.82, 2.24) is 15.0 Å². The molecule has 1 aliphatic rings. The molecule has 27 heavy (non-hydrogen) atoms. The van der Waals surface area contributed by atoms with Gasteiger partial charge in [0.25, 0.3) is 6.01 Å². The number of piperazine rings is 1. The van der Waals surface area contributed by atoms with E-state index in [1.54, 1.807) is 4.90 Å². The van der Waals surface area contributed by atoms with Gasteiger partial charge in [-0.3, -0.25) is 10.1 Å². The third-order valence-corrected chi connectivity index (χ3v) is 3.95. The molecule has 0 spiro atoms. The largest absolute Gasteiger partial charge is 0.424 e. The SMILES string of the molecule is CC(=Cc1cnc(N2CCN(c3ncc(C(F)(F)F)cn3)CC2)o1)[N+](=O)[O-]. The average molecular weight is 384 g/mol. The number of alkyl halides is 3. The van der Waals surface area contributed by atoms with Gasteiger partial charge in [0.05, 0.1) is 22.8 Å². The summed E-state index contributed by atoms with van der Waals surface area (Å²) in [6, 6.07) is 0.324. The van der Waals surface area contributed by atoms with E-state index < -0.39 is 16.7 Å². The van der Waals surface area contributed by atoms with Gasteiger partial charge in [0, 0.05) is 45.5 Å². The van der Waals surface area contributed by atoms with Crippen molar-refractivity contribution in [3.05, 3.63) is 45.7 Å². The number of oxazole rings is 1. The van der Waals surface area contributed by atoms with E-state index in [1.807, 2.05) is 4.90 Å². The summed E-state index contributed by atoms with van der Waals surface area (Å²) < 4.78 is 43.2. The summed E-state index contributed by atoms with van der Waals surface area (Å²) >= 11 is 0. The van der Waals surface area contributed by atoms with Gasteiger partial charge in [-0.25, -0.2) is 15.0 Å². The third kappa shape index (κ3) is 4.33. The van der Waals surface area contributed by atoms with E-state index in [1.165, 1.54) is 19.2 Å². The van der Waals surface area contributed by atoms with Crippen LogP contribution in [0.2, 0.25) is 0 Å². The van der Waals surface area contributed by atoms with Crippen LogP contribution < -0.4 is 9.80 Å². The molecule has 9 nitrogen and oxygen atoms in total. The highest BCUT2D eigenvalue weighted by molar-refractivity contribution is 5.46. The Hall–Kier alpha value is -3.18. The van der Waals surface area contributed by atoms with Crippen LogP contribution in [0.1, 0.15) is 18.2 Å². The van der Waals surface area contributed by atoms with Crippen molar-refractivity contribution in [1.29, 1.82) is 0 Å². The molecule has 0 atom stereocenters. The Morgan fingerprint density at radius 2 is 1.74 bits per heavy atom. The van der Waals surface area contributed by atoms with Crippen LogP contribution in [0, 0.1) is 10.1 Å². The maximum Gasteiger partial charge on any atom is 0.419 e. The van der Waals surface area contributed by atoms with E-state index in [0.29, 0.717) is 32.2 Å². The van der Waals surface area contributed by atoms with E-state index in [0.717, 1.165) is 12.4 Å². The second kappa shape index (κ2) is 7.21. The summed E-state index contributed by atoms with van der Waals surface area (Å²) in [7, 11) is 0. The number of halogens is 3. The Balaban J connectivity index is 1.61. The zero-order valence-corrected chi connectivity index (χ0v) is 14.2. The predicted molar refractivity (Wildman–Crippen MR) is 88.6 cm³/mol. The molecule has 1 saturated heterocycles. The molecule has 12 heteroatoms. The van der Waals surface area contributed by atoms with Gasteiger partial charge in [-0.1, -0.05) is 0 Å². The first-order chi connectivity index (χ1) is 12.7. The lowest BCUT2D eigenvalue weighted by molar-refractivity contribution is -0.422. The molecule has 0 unspecified atom stereocenters. The van der Waals surface area contributed by atoms with E-state index in [-0.39, 0.29) is 17.4 Å². The fourth-order valence-corrected chi connectivity index (χ4v) is 2.48. The van der Waals surface area contributed by atoms with Gasteiger partial charge in [0.2, 0.25) is 11.6 Å². The molecular formula is C15H15F3N6O3. The fourth-order valence-electron chi connectivity index (χ4n) is 2.48. The Bertz CT molecular complexity index is 841. The van der Waals surface area contributed by atoms with Crippen molar-refractivity contribution in [2.45, 2.75) is 13.1 Å². The first-order valence-electron chi connectivity index (χ1n) is 7.91. The van der Waals surface area contributed by atoms with Crippen molar-refractivity contribution < 1.29 is 22.5 Å². The summed E-state index contributed by atoms with van der Waals surface area (Å²) in [6.07, 6.45) is -0.267. The minimum atomic E-state index is -4.47. The van der Waals surface area contributed by atoms with Gasteiger partial charge >= 0.3 is 6.18 Å². The maximum atomic E-state index is 12.6. The topological polar surface area (TPSA) is 101 Å². The molecule has 0 radical (unpaired) electrons. The van der Waals surface area contributed by atoms with Crippen LogP contribution in [-0.2, 0) is 6.18 Å². The number of nitrogens with zero attached hydrogens (tertiary/aromatic N) is 6. The number of rotatable bonds is 4. The number of hydrogen-bond acceptors (Lipinski definition) is 8. The van der Waals surface area contributed by atoms with E-state index in [9.17, 15) is 23.3 Å². The normalized spacial score (nSPS) is 15.9. The minimum absolute atomic E-state index is 0.0676. The number of aromatic nitrogens is 3. The molecule has 2 aromatic rings. The number of nitro groups is 1. The molecular weight excluding hydrogens is 369 g/mol. The number of hydrogen-bond donors (Lipinski definition) is 0. The molecule has 0 N–H and O–H groups in total. The molecule has 1 aliphatic heterocycles. The Morgan fingerprint density at radius 1 is 1.15 bits per heavy atom. The summed E-state index contributed by atoms with van der Waals surface area (Å²) in [5.41, 5.74) is -0.961. The average Bonchev–Trinajstić information content (AvgIpc) is 3.09. The van der Waals surface area contributed by atoms with Gasteiger partial charge < -0.3 is 14.2 Å². The molecule has 144 valence electrons. The lowest BCUT2D eigenvalue weighted by Gasteiger charge is -2.33. The van der Waals surface area contributed by atoms with E-state index in [4.69, 9.17) is 4.42 Å². The Kier molecular flexibility index (Phi) is 4.97. The molecule has 3 heterocycles. The van der Waals surface area contributed by atoms with Crippen LogP contribution in [-0.4, -0.2) is 46.1 Å². The van der Waals surface area contributed by atoms with Crippen LogP contribution in [0.4, 0.5) is 25.1 Å². The zero-order valence-electron chi connectivity index (χ0n) is 14.2. The van der Waals surface area contributed by atoms with Gasteiger partial charge in [-0.15, -0.1) is 0 Å². The summed E-state index contributed by atoms with van der Waals surface area (Å²) in [5.74, 6) is 0.494. The maximum absolute atomic E-state index is 12.6. The van der Waals surface area contributed by atoms with Crippen LogP contribution in [0.25, 0.3) is 6.08 Å². The minimum Gasteiger partial charge on any atom is -0.424 e.